The van der Waals surface area contributed by atoms with E-state index in [1.807, 2.05) is 60.7 Å². The Bertz CT molecular complexity index is 1500. The number of hydrogen-bond acceptors (Lipinski definition) is 9. The number of amides is 1. The van der Waals surface area contributed by atoms with Crippen LogP contribution in [0.5, 0.6) is 17.2 Å². The van der Waals surface area contributed by atoms with Gasteiger partial charge in [0.05, 0.1) is 12.6 Å². The van der Waals surface area contributed by atoms with Crippen molar-refractivity contribution in [2.75, 3.05) is 6.79 Å². The summed E-state index contributed by atoms with van der Waals surface area (Å²) in [5.41, 5.74) is 1.94. The highest BCUT2D eigenvalue weighted by atomic mass is 35.6. The van der Waals surface area contributed by atoms with Crippen molar-refractivity contribution >= 4 is 46.7 Å². The number of aliphatic hydroxyl groups is 2. The number of aliphatic hydroxyl groups excluding tert-OH is 2. The molecule has 2 aliphatic heterocycles. The summed E-state index contributed by atoms with van der Waals surface area (Å²) in [6, 6.07) is 18.7. The number of fused-ring (bicyclic) bond motifs is 4. The van der Waals surface area contributed by atoms with Gasteiger partial charge in [-0.05, 0) is 22.8 Å². The fourth-order valence-electron chi connectivity index (χ4n) is 5.66. The van der Waals surface area contributed by atoms with Crippen LogP contribution in [0.25, 0.3) is 0 Å². The van der Waals surface area contributed by atoms with Gasteiger partial charge in [-0.25, -0.2) is 4.79 Å². The molecule has 3 aliphatic rings. The van der Waals surface area contributed by atoms with Gasteiger partial charge in [0.1, 0.15) is 36.6 Å². The average Bonchev–Trinajstić information content (AvgIpc) is 3.47. The molecule has 1 saturated carbocycles. The fraction of sp³-hybridized carbons (Fsp3) is 0.333. The first-order valence-electron chi connectivity index (χ1n) is 13.4. The molecule has 1 aliphatic carbocycles. The second kappa shape index (κ2) is 12.0. The Morgan fingerprint density at radius 3 is 2.26 bits per heavy atom. The highest BCUT2D eigenvalue weighted by Gasteiger charge is 2.58. The van der Waals surface area contributed by atoms with Crippen molar-refractivity contribution in [3.63, 3.8) is 0 Å². The molecule has 6 atom stereocenters. The van der Waals surface area contributed by atoms with Crippen LogP contribution in [-0.2, 0) is 27.5 Å². The number of carbonyl (C=O) groups excluding carboxylic acids is 2. The Balaban J connectivity index is 1.43. The topological polar surface area (TPSA) is 133 Å². The van der Waals surface area contributed by atoms with Gasteiger partial charge in [-0.2, -0.15) is 0 Å². The lowest BCUT2D eigenvalue weighted by atomic mass is 9.70. The number of halogens is 3. The van der Waals surface area contributed by atoms with Crippen LogP contribution in [0.3, 0.4) is 0 Å². The largest absolute Gasteiger partial charge is 0.484 e. The molecule has 3 aromatic carbocycles. The third kappa shape index (κ3) is 5.83. The standard InChI is InChI=1S/C30H26Cl3NO9/c31-30(32,33)29(38)34-21-19-17-11-18-24(42-14-41-18)25(39-12-15-7-3-1-4-8-15)20(17)28(37)43-26(19)27(23(36)22(21)35)40-13-16-9-5-2-6-10-16/h1-11,19,21-23,26-27,35-36H,12-14H2,(H,34,38)/t19-,21-,22+,23+,26-,27-/m1/s1. The molecule has 226 valence electrons. The Morgan fingerprint density at radius 1 is 0.953 bits per heavy atom. The van der Waals surface area contributed by atoms with Crippen molar-refractivity contribution < 1.29 is 43.5 Å². The Kier molecular flexibility index (Phi) is 8.34. The van der Waals surface area contributed by atoms with Crippen molar-refractivity contribution in [2.24, 2.45) is 0 Å². The van der Waals surface area contributed by atoms with E-state index in [1.165, 1.54) is 0 Å². The molecular formula is C30H26Cl3NO9. The lowest BCUT2D eigenvalue weighted by Crippen LogP contribution is -2.67. The minimum atomic E-state index is -2.38. The van der Waals surface area contributed by atoms with E-state index in [0.717, 1.165) is 11.1 Å². The zero-order chi connectivity index (χ0) is 30.3. The SMILES string of the molecule is O=C1O[C@H]2[C@H](OCc3ccccc3)[C@@H](O)[C@@H](O)[C@H](NC(=O)C(Cl)(Cl)Cl)[C@H]2c2cc3c(c(OCc4ccccc4)c21)OCO3. The number of rotatable bonds is 7. The van der Waals surface area contributed by atoms with Crippen molar-refractivity contribution in [1.29, 1.82) is 0 Å². The quantitative estimate of drug-likeness (QED) is 0.258. The highest BCUT2D eigenvalue weighted by molar-refractivity contribution is 6.76. The predicted octanol–water partition coefficient (Wildman–Crippen LogP) is 3.79. The fourth-order valence-corrected chi connectivity index (χ4v) is 5.82. The van der Waals surface area contributed by atoms with Crippen molar-refractivity contribution in [3.8, 4) is 17.2 Å². The maximum absolute atomic E-state index is 13.7. The first-order chi connectivity index (χ1) is 20.6. The molecule has 0 radical (unpaired) electrons. The summed E-state index contributed by atoms with van der Waals surface area (Å²) in [5.74, 6) is -2.25. The smallest absolute Gasteiger partial charge is 0.342 e. The Hall–Kier alpha value is -3.25. The van der Waals surface area contributed by atoms with Crippen LogP contribution in [0.2, 0.25) is 0 Å². The van der Waals surface area contributed by atoms with E-state index >= 15 is 0 Å². The number of nitrogens with one attached hydrogen (secondary N) is 1. The molecule has 0 aromatic heterocycles. The molecule has 43 heavy (non-hydrogen) atoms. The van der Waals surface area contributed by atoms with Crippen LogP contribution in [-0.4, -0.2) is 63.1 Å². The van der Waals surface area contributed by atoms with Crippen LogP contribution in [0.1, 0.15) is 33.0 Å². The molecule has 0 unspecified atom stereocenters. The van der Waals surface area contributed by atoms with Gasteiger partial charge in [0.2, 0.25) is 12.5 Å². The van der Waals surface area contributed by atoms with E-state index in [9.17, 15) is 19.8 Å². The summed E-state index contributed by atoms with van der Waals surface area (Å²) in [4.78, 5) is 26.6. The summed E-state index contributed by atoms with van der Waals surface area (Å²) >= 11 is 17.5. The monoisotopic (exact) mass is 649 g/mol. The predicted molar refractivity (Wildman–Crippen MR) is 155 cm³/mol. The van der Waals surface area contributed by atoms with Gasteiger partial charge < -0.3 is 39.2 Å². The molecule has 13 heteroatoms. The van der Waals surface area contributed by atoms with E-state index < -0.39 is 52.0 Å². The summed E-state index contributed by atoms with van der Waals surface area (Å²) in [6.45, 7) is 0.00730. The highest BCUT2D eigenvalue weighted by Crippen LogP contribution is 2.52. The van der Waals surface area contributed by atoms with E-state index in [1.54, 1.807) is 6.07 Å². The first-order valence-corrected chi connectivity index (χ1v) is 14.5. The van der Waals surface area contributed by atoms with Gasteiger partial charge in [-0.15, -0.1) is 0 Å². The Labute approximate surface area is 261 Å². The molecule has 10 nitrogen and oxygen atoms in total. The van der Waals surface area contributed by atoms with Crippen LogP contribution >= 0.6 is 34.8 Å². The molecular weight excluding hydrogens is 625 g/mol. The molecule has 1 fully saturated rings. The summed E-state index contributed by atoms with van der Waals surface area (Å²) in [5, 5.41) is 25.1. The minimum absolute atomic E-state index is 0.0139. The molecule has 2 heterocycles. The van der Waals surface area contributed by atoms with Crippen molar-refractivity contribution in [1.82, 2.24) is 5.32 Å². The summed E-state index contributed by atoms with van der Waals surface area (Å²) < 4.78 is 27.1. The van der Waals surface area contributed by atoms with Gasteiger partial charge in [0.15, 0.2) is 11.5 Å². The van der Waals surface area contributed by atoms with Crippen LogP contribution < -0.4 is 19.5 Å². The molecule has 3 aromatic rings. The third-order valence-corrected chi connectivity index (χ3v) is 8.16. The van der Waals surface area contributed by atoms with Crippen molar-refractivity contribution in [2.45, 2.75) is 53.4 Å². The maximum atomic E-state index is 13.7. The van der Waals surface area contributed by atoms with E-state index in [-0.39, 0.29) is 42.8 Å². The van der Waals surface area contributed by atoms with Gasteiger partial charge in [-0.1, -0.05) is 95.5 Å². The number of alkyl halides is 3. The summed E-state index contributed by atoms with van der Waals surface area (Å²) in [6.07, 6.45) is -5.59. The molecule has 1 amide bonds. The zero-order valence-corrected chi connectivity index (χ0v) is 24.6. The third-order valence-electron chi connectivity index (χ3n) is 7.64. The number of esters is 1. The second-order valence-corrected chi connectivity index (χ2v) is 12.6. The molecule has 0 saturated heterocycles. The Morgan fingerprint density at radius 2 is 1.60 bits per heavy atom. The molecule has 3 N–H and O–H groups in total. The second-order valence-electron chi connectivity index (χ2n) is 10.3. The van der Waals surface area contributed by atoms with Gasteiger partial charge >= 0.3 is 5.97 Å². The maximum Gasteiger partial charge on any atom is 0.342 e. The van der Waals surface area contributed by atoms with Crippen LogP contribution in [0, 0.1) is 0 Å². The number of hydrogen-bond donors (Lipinski definition) is 3. The molecule has 0 spiro atoms. The van der Waals surface area contributed by atoms with Gasteiger partial charge in [0, 0.05) is 5.92 Å². The first kappa shape index (κ1) is 29.8. The normalized spacial score (nSPS) is 25.7. The lowest BCUT2D eigenvalue weighted by molar-refractivity contribution is -0.185. The van der Waals surface area contributed by atoms with Gasteiger partial charge in [0.25, 0.3) is 9.70 Å². The summed E-state index contributed by atoms with van der Waals surface area (Å²) in [7, 11) is 0. The number of ether oxygens (including phenoxy) is 5. The van der Waals surface area contributed by atoms with Crippen LogP contribution in [0.4, 0.5) is 0 Å². The van der Waals surface area contributed by atoms with Crippen LogP contribution in [0.15, 0.2) is 66.7 Å². The minimum Gasteiger partial charge on any atom is -0.484 e. The lowest BCUT2D eigenvalue weighted by Gasteiger charge is -2.49. The average molecular weight is 651 g/mol. The molecule has 6 rings (SSSR count). The number of carbonyl (C=O) groups is 2. The van der Waals surface area contributed by atoms with E-state index in [0.29, 0.717) is 5.56 Å². The van der Waals surface area contributed by atoms with E-state index in [2.05, 4.69) is 5.32 Å². The number of benzene rings is 3. The zero-order valence-electron chi connectivity index (χ0n) is 22.3. The van der Waals surface area contributed by atoms with Gasteiger partial charge in [-0.3, -0.25) is 4.79 Å². The van der Waals surface area contributed by atoms with Crippen molar-refractivity contribution in [3.05, 3.63) is 89.0 Å². The van der Waals surface area contributed by atoms with E-state index in [4.69, 9.17) is 58.5 Å². The molecule has 0 bridgehead atoms.